The van der Waals surface area contributed by atoms with Gasteiger partial charge in [0.2, 0.25) is 65.0 Å². The van der Waals surface area contributed by atoms with Crippen LogP contribution in [0.25, 0.3) is 10.9 Å². The van der Waals surface area contributed by atoms with Crippen molar-refractivity contribution in [3.8, 4) is 5.75 Å². The maximum atomic E-state index is 16.2. The van der Waals surface area contributed by atoms with Crippen LogP contribution >= 0.6 is 0 Å². The van der Waals surface area contributed by atoms with Gasteiger partial charge in [0.1, 0.15) is 90.2 Å². The predicted molar refractivity (Wildman–Crippen MR) is 411 cm³/mol. The highest BCUT2D eigenvalue weighted by Gasteiger charge is 2.50. The molecule has 620 valence electrons. The van der Waals surface area contributed by atoms with Crippen LogP contribution in [0.15, 0.2) is 97.2 Å². The summed E-state index contributed by atoms with van der Waals surface area (Å²) in [6, 6.07) is 15.1. The van der Waals surface area contributed by atoms with Gasteiger partial charge in [0.15, 0.2) is 6.23 Å². The lowest BCUT2D eigenvalue weighted by atomic mass is 9.95. The quantitative estimate of drug-likeness (QED) is 0.0788. The number of carbonyl (C=O) groups is 12. The molecule has 115 heavy (non-hydrogen) atoms. The van der Waals surface area contributed by atoms with Crippen LogP contribution in [-0.2, 0) is 112 Å². The number of benzene rings is 4. The number of hydrogen-bond acceptors (Lipinski definition) is 20. The number of aryl methyl sites for hydroxylation is 1. The van der Waals surface area contributed by atoms with Gasteiger partial charge < -0.3 is 102 Å². The fourth-order valence-electron chi connectivity index (χ4n) is 15.9. The number of hydrogen-bond donors (Lipinski definition) is 13. The molecule has 14 atom stereocenters. The molecule has 3 fully saturated rings. The van der Waals surface area contributed by atoms with Crippen molar-refractivity contribution in [1.82, 2.24) is 61.8 Å². The molecule has 11 amide bonds. The molecule has 7 aliphatic rings. The molecule has 32 nitrogen and oxygen atoms in total. The predicted octanol–water partition coefficient (Wildman–Crippen LogP) is 0.110. The highest BCUT2D eigenvalue weighted by molar-refractivity contribution is 6.00. The van der Waals surface area contributed by atoms with Crippen molar-refractivity contribution in [2.75, 3.05) is 46.5 Å². The van der Waals surface area contributed by atoms with Crippen LogP contribution in [0.5, 0.6) is 5.75 Å². The van der Waals surface area contributed by atoms with Crippen molar-refractivity contribution in [2.24, 2.45) is 0 Å². The first kappa shape index (κ1) is 85.6. The van der Waals surface area contributed by atoms with E-state index in [-0.39, 0.29) is 83.6 Å². The Labute approximate surface area is 664 Å². The van der Waals surface area contributed by atoms with Gasteiger partial charge in [-0.05, 0) is 135 Å². The Hall–Kier alpha value is -10.3. The number of ketones is 1. The molecule has 3 saturated heterocycles. The average Bonchev–Trinajstić information content (AvgIpc) is 1.66. The molecule has 6 unspecified atom stereocenters. The molecule has 13 N–H and O–H groups in total. The number of ether oxygens (including phenoxy) is 3. The molecule has 0 spiro atoms. The number of nitrogens with zero attached hydrogens (tertiary/aromatic N) is 4. The summed E-state index contributed by atoms with van der Waals surface area (Å²) in [5.41, 5.74) is 2.62. The minimum absolute atomic E-state index is 0.101. The molecule has 8 heterocycles. The lowest BCUT2D eigenvalue weighted by Crippen LogP contribution is -2.64. The van der Waals surface area contributed by atoms with Crippen molar-refractivity contribution >= 4 is 81.7 Å². The lowest BCUT2D eigenvalue weighted by molar-refractivity contribution is -0.236. The van der Waals surface area contributed by atoms with Crippen molar-refractivity contribution < 1.29 is 102 Å². The number of methoxy groups -OCH3 is 1. The van der Waals surface area contributed by atoms with Crippen molar-refractivity contribution in [3.63, 3.8) is 0 Å². The third kappa shape index (κ3) is 21.8. The van der Waals surface area contributed by atoms with Crippen LogP contribution in [-0.4, -0.2) is 247 Å². The summed E-state index contributed by atoms with van der Waals surface area (Å²) in [6.45, 7) is 2.18. The van der Waals surface area contributed by atoms with E-state index in [0.717, 1.165) is 16.0 Å². The molecule has 0 aliphatic carbocycles. The standard InChI is InChI=1S/C82H105FN12O20/c1-47(97)69-76(108)89-60(38-49-19-24-56(113-3)25-20-49)80(111)95-35-10-31-82(95,2)81(112)84-32-29-48-15-17-50(18-16-48)43-93-34-8-7-33-92-44-53(57-41-54(83)21-27-62(57)92)40-61-79(110)94-36-30-63(70(94)77(109)91-69)114-46-67(101)85-42-52-12-9-11-51(37-52)39-59(75(107)88-61)87-74(106)58(86-65(99)13-5-4-6-14-68(93)102)26-22-55(98)23-28-66(100)90-78-73(105)72(104)71(103)64(45-96)115-78/h9,11-12,15-21,24-25,27,37,41,44,47,58-61,63-64,69-73,78,96-97,103-105H,4-8,10,13-14,22-23,26,28-36,38-40,42-43,45-46H2,1-3H3,(H,84,112)(H,85,101)(H,86,99)(H,87,106)(H,88,107)(H,89,108)(H,90,100)(H,91,109)/t47-,58-,59+,60+,61+,63?,64?,69+,70+,71?,72?,73?,78?,82+/m1/s1. The number of aliphatic hydroxyl groups is 5. The molecule has 0 saturated carbocycles. The van der Waals surface area contributed by atoms with Gasteiger partial charge in [0.25, 0.3) is 0 Å². The number of carbonyl (C=O) groups excluding carboxylic acids is 12. The number of fused-ring (bicyclic) bond motifs is 16. The number of amides is 11. The molecule has 12 rings (SSSR count). The first-order valence-corrected chi connectivity index (χ1v) is 39.6. The summed E-state index contributed by atoms with van der Waals surface area (Å²) in [4.78, 5) is 182. The van der Waals surface area contributed by atoms with Gasteiger partial charge in [0, 0.05) is 114 Å². The molecule has 7 aliphatic heterocycles. The SMILES string of the molecule is COc1ccc(C[C@@H]2NC(=O)[C@H]([C@@H](C)O)NC(=O)[C@@H]3C4CCN3C(=O)[C@@H]3Cc5cn(c6ccc(F)cc56)CCCCN(Cc5ccc(cc5)CCNC(=O)[C@]5(C)CCCN5C2=O)C(=O)CCCCCC(=O)N[C@H](CCC(=O)CCC(=O)NC2OC(CO)C(O)C(O)C2O)C(=O)N[C@@H](Cc2cccc(c2)CNC(=O)CO4)C(=O)N3)cc1. The summed E-state index contributed by atoms with van der Waals surface area (Å²) >= 11 is 0. The van der Waals surface area contributed by atoms with Gasteiger partial charge in [-0.2, -0.15) is 0 Å². The van der Waals surface area contributed by atoms with E-state index in [2.05, 4.69) is 42.5 Å². The fourth-order valence-corrected chi connectivity index (χ4v) is 15.9. The van der Waals surface area contributed by atoms with Crippen LogP contribution in [0.2, 0.25) is 0 Å². The molecule has 0 radical (unpaired) electrons. The summed E-state index contributed by atoms with van der Waals surface area (Å²) in [7, 11) is 1.48. The second-order valence-corrected chi connectivity index (χ2v) is 30.9. The summed E-state index contributed by atoms with van der Waals surface area (Å²) in [5, 5.41) is 74.8. The van der Waals surface area contributed by atoms with Crippen molar-refractivity contribution in [2.45, 2.75) is 234 Å². The van der Waals surface area contributed by atoms with E-state index in [0.29, 0.717) is 90.5 Å². The average molecular weight is 1600 g/mol. The number of aromatic nitrogens is 1. The van der Waals surface area contributed by atoms with Gasteiger partial charge in [-0.3, -0.25) is 57.5 Å². The van der Waals surface area contributed by atoms with Gasteiger partial charge in [-0.1, -0.05) is 67.1 Å². The number of aliphatic hydroxyl groups excluding tert-OH is 5. The molecule has 12 bridgehead atoms. The zero-order valence-corrected chi connectivity index (χ0v) is 64.9. The maximum absolute atomic E-state index is 16.2. The van der Waals surface area contributed by atoms with Crippen LogP contribution < -0.4 is 47.3 Å². The number of halogens is 1. The monoisotopic (exact) mass is 1600 g/mol. The van der Waals surface area contributed by atoms with Crippen molar-refractivity contribution in [1.29, 1.82) is 0 Å². The third-order valence-electron chi connectivity index (χ3n) is 22.5. The smallest absolute Gasteiger partial charge is 0.246 e. The Balaban J connectivity index is 0.980. The van der Waals surface area contributed by atoms with E-state index in [1.54, 1.807) is 72.6 Å². The third-order valence-corrected chi connectivity index (χ3v) is 22.5. The van der Waals surface area contributed by atoms with Crippen LogP contribution in [0.3, 0.4) is 0 Å². The number of Topliss-reactive ketones (excluding diaryl/α,β-unsaturated/α-hetero) is 1. The molecule has 33 heteroatoms. The van der Waals surface area contributed by atoms with Crippen molar-refractivity contribution in [3.05, 3.63) is 136 Å². The normalized spacial score (nSPS) is 27.6. The van der Waals surface area contributed by atoms with Gasteiger partial charge in [0.05, 0.1) is 25.9 Å². The Morgan fingerprint density at radius 3 is 2.17 bits per heavy atom. The largest absolute Gasteiger partial charge is 0.497 e. The Kier molecular flexibility index (Phi) is 29.3. The van der Waals surface area contributed by atoms with Crippen LogP contribution in [0, 0.1) is 5.82 Å². The van der Waals surface area contributed by atoms with Crippen LogP contribution in [0.1, 0.15) is 137 Å². The number of nitrogens with one attached hydrogen (secondary N) is 8. The van der Waals surface area contributed by atoms with E-state index in [1.165, 1.54) is 31.1 Å². The zero-order valence-electron chi connectivity index (χ0n) is 64.9. The molecule has 1 aromatic heterocycles. The minimum Gasteiger partial charge on any atom is -0.497 e. The van der Waals surface area contributed by atoms with Crippen LogP contribution in [0.4, 0.5) is 4.39 Å². The molecular weight excluding hydrogens is 1490 g/mol. The molecule has 5 aromatic rings. The lowest BCUT2D eigenvalue weighted by Gasteiger charge is -2.40. The highest BCUT2D eigenvalue weighted by Crippen LogP contribution is 2.33. The summed E-state index contributed by atoms with van der Waals surface area (Å²) in [6.07, 6.45) is -9.41. The Bertz CT molecular complexity index is 4350. The summed E-state index contributed by atoms with van der Waals surface area (Å²) in [5.74, 6) is -9.15. The second kappa shape index (κ2) is 39.4. The molecule has 4 aromatic carbocycles. The van der Waals surface area contributed by atoms with Gasteiger partial charge >= 0.3 is 0 Å². The Morgan fingerprint density at radius 2 is 1.42 bits per heavy atom. The summed E-state index contributed by atoms with van der Waals surface area (Å²) < 4.78 is 34.8. The van der Waals surface area contributed by atoms with E-state index < -0.39 is 201 Å². The fraction of sp³-hybridized carbons (Fsp3) is 0.537. The first-order valence-electron chi connectivity index (χ1n) is 39.6. The maximum Gasteiger partial charge on any atom is 0.246 e. The first-order chi connectivity index (χ1) is 55.2. The van der Waals surface area contributed by atoms with E-state index in [9.17, 15) is 54.3 Å². The molecular formula is C82H105FN12O20. The van der Waals surface area contributed by atoms with E-state index >= 15 is 33.2 Å². The van der Waals surface area contributed by atoms with E-state index in [1.807, 2.05) is 28.8 Å². The highest BCUT2D eigenvalue weighted by atomic mass is 19.1. The topological polar surface area (TPSA) is 445 Å². The van der Waals surface area contributed by atoms with Gasteiger partial charge in [-0.15, -0.1) is 0 Å². The van der Waals surface area contributed by atoms with Gasteiger partial charge in [-0.25, -0.2) is 4.39 Å². The second-order valence-electron chi connectivity index (χ2n) is 30.9. The Morgan fingerprint density at radius 1 is 0.678 bits per heavy atom. The zero-order chi connectivity index (χ0) is 82.2. The number of rotatable bonds is 12. The minimum atomic E-state index is -1.88. The van der Waals surface area contributed by atoms with E-state index in [4.69, 9.17) is 14.2 Å².